The molecule has 0 radical (unpaired) electrons. The van der Waals surface area contributed by atoms with E-state index in [2.05, 4.69) is 10.6 Å². The summed E-state index contributed by atoms with van der Waals surface area (Å²) < 4.78 is 0. The van der Waals surface area contributed by atoms with Crippen molar-refractivity contribution in [3.63, 3.8) is 0 Å². The maximum absolute atomic E-state index is 11.4. The number of likely N-dealkylation sites (N-methyl/N-ethyl adjacent to an activating group) is 1. The van der Waals surface area contributed by atoms with Gasteiger partial charge in [-0.25, -0.2) is 0 Å². The number of benzene rings is 1. The van der Waals surface area contributed by atoms with Gasteiger partial charge in [0.1, 0.15) is 11.6 Å². The van der Waals surface area contributed by atoms with Crippen LogP contribution >= 0.6 is 0 Å². The normalized spacial score (nSPS) is 11.1. The van der Waals surface area contributed by atoms with Gasteiger partial charge in [0.2, 0.25) is 0 Å². The van der Waals surface area contributed by atoms with Gasteiger partial charge in [-0.15, -0.1) is 0 Å². The quantitative estimate of drug-likeness (QED) is 0.604. The van der Waals surface area contributed by atoms with E-state index in [4.69, 9.17) is 5.26 Å². The number of rotatable bonds is 4. The first-order chi connectivity index (χ1) is 8.19. The van der Waals surface area contributed by atoms with Gasteiger partial charge >= 0.3 is 0 Å². The molecule has 0 heterocycles. The standard InChI is InChI=1S/C13H15N3O/c1-10(12(8-14)13(17)15-2)16-9-11-6-4-3-5-7-11/h3-7,16H,9H2,1-2H3,(H,15,17)/b12-10-. The van der Waals surface area contributed by atoms with E-state index in [1.807, 2.05) is 36.4 Å². The van der Waals surface area contributed by atoms with Crippen molar-refractivity contribution in [2.45, 2.75) is 13.5 Å². The lowest BCUT2D eigenvalue weighted by Gasteiger charge is -2.08. The lowest BCUT2D eigenvalue weighted by molar-refractivity contribution is -0.116. The van der Waals surface area contributed by atoms with Crippen molar-refractivity contribution < 1.29 is 4.79 Å². The molecule has 1 rings (SSSR count). The Hall–Kier alpha value is -2.28. The molecule has 0 saturated carbocycles. The van der Waals surface area contributed by atoms with E-state index in [1.165, 1.54) is 7.05 Å². The summed E-state index contributed by atoms with van der Waals surface area (Å²) in [7, 11) is 1.50. The van der Waals surface area contributed by atoms with Crippen molar-refractivity contribution >= 4 is 5.91 Å². The van der Waals surface area contributed by atoms with Crippen molar-refractivity contribution in [2.75, 3.05) is 7.05 Å². The molecule has 88 valence electrons. The van der Waals surface area contributed by atoms with Crippen LogP contribution in [0.4, 0.5) is 0 Å². The third-order valence-electron chi connectivity index (χ3n) is 2.34. The smallest absolute Gasteiger partial charge is 0.263 e. The van der Waals surface area contributed by atoms with Crippen molar-refractivity contribution in [1.82, 2.24) is 10.6 Å². The van der Waals surface area contributed by atoms with E-state index in [1.54, 1.807) is 6.92 Å². The number of nitrogens with one attached hydrogen (secondary N) is 2. The fraction of sp³-hybridized carbons (Fsp3) is 0.231. The molecular formula is C13H15N3O. The zero-order chi connectivity index (χ0) is 12.7. The number of amides is 1. The van der Waals surface area contributed by atoms with Gasteiger partial charge in [0.25, 0.3) is 5.91 Å². The molecular weight excluding hydrogens is 214 g/mol. The average molecular weight is 229 g/mol. The molecule has 0 aromatic heterocycles. The highest BCUT2D eigenvalue weighted by atomic mass is 16.1. The van der Waals surface area contributed by atoms with Crippen LogP contribution in [0.1, 0.15) is 12.5 Å². The van der Waals surface area contributed by atoms with E-state index < -0.39 is 0 Å². The van der Waals surface area contributed by atoms with Crippen molar-refractivity contribution in [3.05, 3.63) is 47.2 Å². The highest BCUT2D eigenvalue weighted by Gasteiger charge is 2.10. The molecule has 1 aromatic rings. The van der Waals surface area contributed by atoms with Gasteiger partial charge in [0.15, 0.2) is 0 Å². The SMILES string of the molecule is CNC(=O)/C(C#N)=C(/C)NCc1ccccc1. The number of carbonyl (C=O) groups excluding carboxylic acids is 1. The Morgan fingerprint density at radius 1 is 1.35 bits per heavy atom. The average Bonchev–Trinajstić information content (AvgIpc) is 2.38. The Morgan fingerprint density at radius 2 is 2.00 bits per heavy atom. The molecule has 17 heavy (non-hydrogen) atoms. The Labute approximate surface area is 101 Å². The summed E-state index contributed by atoms with van der Waals surface area (Å²) in [4.78, 5) is 11.4. The zero-order valence-corrected chi connectivity index (χ0v) is 9.95. The van der Waals surface area contributed by atoms with Gasteiger partial charge in [-0.05, 0) is 12.5 Å². The van der Waals surface area contributed by atoms with Crippen LogP contribution in [0.2, 0.25) is 0 Å². The van der Waals surface area contributed by atoms with Crippen LogP contribution in [0.5, 0.6) is 0 Å². The zero-order valence-electron chi connectivity index (χ0n) is 9.95. The van der Waals surface area contributed by atoms with Gasteiger partial charge in [-0.3, -0.25) is 4.79 Å². The summed E-state index contributed by atoms with van der Waals surface area (Å²) in [5, 5.41) is 14.4. The molecule has 0 fully saturated rings. The van der Waals surface area contributed by atoms with Crippen LogP contribution in [-0.4, -0.2) is 13.0 Å². The predicted octanol–water partition coefficient (Wildman–Crippen LogP) is 1.32. The first kappa shape index (κ1) is 12.8. The van der Waals surface area contributed by atoms with Crippen LogP contribution in [-0.2, 0) is 11.3 Å². The monoisotopic (exact) mass is 229 g/mol. The highest BCUT2D eigenvalue weighted by molar-refractivity contribution is 5.97. The molecule has 0 saturated heterocycles. The molecule has 1 aromatic carbocycles. The van der Waals surface area contributed by atoms with Gasteiger partial charge in [0, 0.05) is 19.3 Å². The lowest BCUT2D eigenvalue weighted by atomic mass is 10.2. The van der Waals surface area contributed by atoms with Gasteiger partial charge < -0.3 is 10.6 Å². The van der Waals surface area contributed by atoms with Crippen molar-refractivity contribution in [2.24, 2.45) is 0 Å². The molecule has 0 aliphatic heterocycles. The van der Waals surface area contributed by atoms with Crippen LogP contribution < -0.4 is 10.6 Å². The van der Waals surface area contributed by atoms with Crippen molar-refractivity contribution in [3.8, 4) is 6.07 Å². The van der Waals surface area contributed by atoms with Crippen molar-refractivity contribution in [1.29, 1.82) is 5.26 Å². The molecule has 0 aliphatic carbocycles. The molecule has 0 bridgehead atoms. The Bertz CT molecular complexity index is 457. The Kier molecular flexibility index (Phi) is 4.77. The topological polar surface area (TPSA) is 64.9 Å². The number of allylic oxidation sites excluding steroid dienone is 1. The predicted molar refractivity (Wildman–Crippen MR) is 65.7 cm³/mol. The van der Waals surface area contributed by atoms with E-state index in [-0.39, 0.29) is 11.5 Å². The first-order valence-electron chi connectivity index (χ1n) is 5.30. The van der Waals surface area contributed by atoms with E-state index >= 15 is 0 Å². The minimum atomic E-state index is -0.370. The summed E-state index contributed by atoms with van der Waals surface area (Å²) in [6, 6.07) is 11.7. The second-order valence-corrected chi connectivity index (χ2v) is 3.53. The van der Waals surface area contributed by atoms with E-state index in [0.29, 0.717) is 12.2 Å². The highest BCUT2D eigenvalue weighted by Crippen LogP contribution is 2.03. The number of nitrogens with zero attached hydrogens (tertiary/aromatic N) is 1. The molecule has 1 amide bonds. The summed E-state index contributed by atoms with van der Waals surface area (Å²) in [5.41, 5.74) is 1.79. The second-order valence-electron chi connectivity index (χ2n) is 3.53. The number of hydrogen-bond acceptors (Lipinski definition) is 3. The summed E-state index contributed by atoms with van der Waals surface area (Å²) in [6.45, 7) is 2.31. The Morgan fingerprint density at radius 3 is 2.53 bits per heavy atom. The molecule has 4 nitrogen and oxygen atoms in total. The molecule has 4 heteroatoms. The number of nitriles is 1. The fourth-order valence-electron chi connectivity index (χ4n) is 1.35. The van der Waals surface area contributed by atoms with Gasteiger partial charge in [-0.2, -0.15) is 5.26 Å². The van der Waals surface area contributed by atoms with E-state index in [9.17, 15) is 4.79 Å². The maximum atomic E-state index is 11.4. The molecule has 0 spiro atoms. The summed E-state index contributed by atoms with van der Waals surface area (Å²) in [6.07, 6.45) is 0. The van der Waals surface area contributed by atoms with Gasteiger partial charge in [0.05, 0.1) is 0 Å². The minimum absolute atomic E-state index is 0.114. The summed E-state index contributed by atoms with van der Waals surface area (Å²) in [5.74, 6) is -0.370. The molecule has 0 aliphatic rings. The molecule has 0 atom stereocenters. The Balaban J connectivity index is 2.71. The first-order valence-corrected chi connectivity index (χ1v) is 5.30. The second kappa shape index (κ2) is 6.33. The third kappa shape index (κ3) is 3.65. The largest absolute Gasteiger partial charge is 0.383 e. The minimum Gasteiger partial charge on any atom is -0.383 e. The maximum Gasteiger partial charge on any atom is 0.263 e. The number of carbonyl (C=O) groups is 1. The molecule has 2 N–H and O–H groups in total. The van der Waals surface area contributed by atoms with Gasteiger partial charge in [-0.1, -0.05) is 30.3 Å². The van der Waals surface area contributed by atoms with Crippen LogP contribution in [0.15, 0.2) is 41.6 Å². The third-order valence-corrected chi connectivity index (χ3v) is 2.34. The fourth-order valence-corrected chi connectivity index (χ4v) is 1.35. The van der Waals surface area contributed by atoms with Crippen LogP contribution in [0.25, 0.3) is 0 Å². The number of hydrogen-bond donors (Lipinski definition) is 2. The van der Waals surface area contributed by atoms with Crippen LogP contribution in [0.3, 0.4) is 0 Å². The lowest BCUT2D eigenvalue weighted by Crippen LogP contribution is -2.23. The van der Waals surface area contributed by atoms with Crippen LogP contribution in [0, 0.1) is 11.3 Å². The van der Waals surface area contributed by atoms with E-state index in [0.717, 1.165) is 5.56 Å². The molecule has 0 unspecified atom stereocenters. The summed E-state index contributed by atoms with van der Waals surface area (Å²) >= 11 is 0.